The van der Waals surface area contributed by atoms with E-state index in [4.69, 9.17) is 9.47 Å². The van der Waals surface area contributed by atoms with Crippen molar-refractivity contribution in [3.05, 3.63) is 64.2 Å². The number of amides is 1. The first-order valence-corrected chi connectivity index (χ1v) is 12.7. The zero-order valence-corrected chi connectivity index (χ0v) is 23.3. The Morgan fingerprint density at radius 2 is 1.53 bits per heavy atom. The van der Waals surface area contributed by atoms with Crippen LogP contribution in [0.4, 0.5) is 0 Å². The van der Waals surface area contributed by atoms with E-state index in [1.807, 2.05) is 52.8 Å². The van der Waals surface area contributed by atoms with Gasteiger partial charge in [-0.15, -0.1) is 0 Å². The maximum Gasteiger partial charge on any atom is 0.328 e. The number of aryl methyl sites for hydroxylation is 2. The van der Waals surface area contributed by atoms with Crippen LogP contribution in [0.3, 0.4) is 0 Å². The number of aliphatic hydroxyl groups is 1. The number of ether oxygens (including phenoxy) is 2. The summed E-state index contributed by atoms with van der Waals surface area (Å²) < 4.78 is 10.7. The third kappa shape index (κ3) is 6.47. The van der Waals surface area contributed by atoms with E-state index in [-0.39, 0.29) is 23.3 Å². The number of hydrogen-bond donors (Lipinski definition) is 2. The van der Waals surface area contributed by atoms with Gasteiger partial charge >= 0.3 is 5.97 Å². The van der Waals surface area contributed by atoms with Crippen LogP contribution in [0.1, 0.15) is 87.0 Å². The third-order valence-corrected chi connectivity index (χ3v) is 7.26. The van der Waals surface area contributed by atoms with Gasteiger partial charge in [-0.05, 0) is 73.4 Å². The van der Waals surface area contributed by atoms with Crippen LogP contribution in [0, 0.1) is 19.3 Å². The first-order valence-electron chi connectivity index (χ1n) is 12.7. The third-order valence-electron chi connectivity index (χ3n) is 7.26. The molecule has 6 nitrogen and oxygen atoms in total. The number of esters is 1. The molecule has 36 heavy (non-hydrogen) atoms. The standard InChI is InChI=1S/C30H43NO5/c1-10-30(11-2,23-13-15-25(20(4)17-23)36-18-26(32)29(6,7)8)22-12-14-24(19(3)16-22)27(33)31-21(5)28(34)35-9/h12-17,21,26,32H,10-11,18H2,1-9H3,(H,31,33)/t21-,26?/m1/s1. The van der Waals surface area contributed by atoms with Gasteiger partial charge < -0.3 is 19.9 Å². The lowest BCUT2D eigenvalue weighted by molar-refractivity contribution is -0.142. The fraction of sp³-hybridized carbons (Fsp3) is 0.533. The molecule has 0 saturated heterocycles. The molecule has 2 aromatic rings. The van der Waals surface area contributed by atoms with Crippen LogP contribution in [-0.2, 0) is 14.9 Å². The van der Waals surface area contributed by atoms with Crippen molar-refractivity contribution in [1.82, 2.24) is 5.32 Å². The number of benzene rings is 2. The number of carbonyl (C=O) groups is 2. The number of methoxy groups -OCH3 is 1. The number of nitrogens with one attached hydrogen (secondary N) is 1. The van der Waals surface area contributed by atoms with Crippen molar-refractivity contribution in [1.29, 1.82) is 0 Å². The Balaban J connectivity index is 2.35. The van der Waals surface area contributed by atoms with E-state index in [0.29, 0.717) is 5.56 Å². The molecular formula is C30H43NO5. The van der Waals surface area contributed by atoms with Crippen LogP contribution in [0.2, 0.25) is 0 Å². The fourth-order valence-electron chi connectivity index (χ4n) is 4.49. The van der Waals surface area contributed by atoms with Crippen molar-refractivity contribution in [2.45, 2.75) is 85.8 Å². The minimum Gasteiger partial charge on any atom is -0.491 e. The zero-order chi connectivity index (χ0) is 27.3. The maximum absolute atomic E-state index is 12.8. The van der Waals surface area contributed by atoms with Crippen molar-refractivity contribution in [2.75, 3.05) is 13.7 Å². The largest absolute Gasteiger partial charge is 0.491 e. The molecule has 2 rings (SSSR count). The molecule has 0 saturated carbocycles. The molecule has 0 aliphatic rings. The van der Waals surface area contributed by atoms with Gasteiger partial charge in [0.15, 0.2) is 0 Å². The van der Waals surface area contributed by atoms with Gasteiger partial charge in [-0.3, -0.25) is 4.79 Å². The second-order valence-electron chi connectivity index (χ2n) is 10.7. The van der Waals surface area contributed by atoms with Gasteiger partial charge in [0.2, 0.25) is 0 Å². The molecule has 0 heterocycles. The van der Waals surface area contributed by atoms with Crippen LogP contribution < -0.4 is 10.1 Å². The maximum atomic E-state index is 12.8. The lowest BCUT2D eigenvalue weighted by Crippen LogP contribution is -2.39. The molecular weight excluding hydrogens is 454 g/mol. The summed E-state index contributed by atoms with van der Waals surface area (Å²) in [5, 5.41) is 13.0. The molecule has 2 atom stereocenters. The highest BCUT2D eigenvalue weighted by Crippen LogP contribution is 2.41. The van der Waals surface area contributed by atoms with E-state index in [2.05, 4.69) is 37.4 Å². The van der Waals surface area contributed by atoms with Crippen molar-refractivity contribution in [2.24, 2.45) is 5.41 Å². The fourth-order valence-corrected chi connectivity index (χ4v) is 4.49. The highest BCUT2D eigenvalue weighted by Gasteiger charge is 2.32. The predicted octanol–water partition coefficient (Wildman–Crippen LogP) is 5.49. The van der Waals surface area contributed by atoms with Gasteiger partial charge in [-0.2, -0.15) is 0 Å². The Kier molecular flexibility index (Phi) is 9.72. The molecule has 0 fully saturated rings. The summed E-state index contributed by atoms with van der Waals surface area (Å²) in [6.45, 7) is 16.1. The number of rotatable bonds is 10. The average Bonchev–Trinajstić information content (AvgIpc) is 2.83. The van der Waals surface area contributed by atoms with Crippen LogP contribution in [-0.4, -0.2) is 42.8 Å². The van der Waals surface area contributed by atoms with Crippen molar-refractivity contribution in [3.8, 4) is 5.75 Å². The number of hydrogen-bond acceptors (Lipinski definition) is 5. The molecule has 2 N–H and O–H groups in total. The highest BCUT2D eigenvalue weighted by atomic mass is 16.5. The molecule has 0 bridgehead atoms. The van der Waals surface area contributed by atoms with Gasteiger partial charge in [-0.25, -0.2) is 4.79 Å². The van der Waals surface area contributed by atoms with Crippen molar-refractivity contribution < 1.29 is 24.2 Å². The van der Waals surface area contributed by atoms with Crippen LogP contribution in [0.5, 0.6) is 5.75 Å². The molecule has 1 unspecified atom stereocenters. The second kappa shape index (κ2) is 11.9. The Labute approximate surface area is 216 Å². The van der Waals surface area contributed by atoms with Crippen LogP contribution in [0.25, 0.3) is 0 Å². The normalized spacial score (nSPS) is 13.6. The minimum atomic E-state index is -0.722. The smallest absolute Gasteiger partial charge is 0.328 e. The molecule has 0 aliphatic heterocycles. The molecule has 198 valence electrons. The SMILES string of the molecule is CCC(CC)(c1ccc(OCC(O)C(C)(C)C)c(C)c1)c1ccc(C(=O)N[C@H](C)C(=O)OC)c(C)c1. The molecule has 0 aliphatic carbocycles. The van der Waals surface area contributed by atoms with E-state index < -0.39 is 18.1 Å². The summed E-state index contributed by atoms with van der Waals surface area (Å²) in [6, 6.07) is 11.5. The summed E-state index contributed by atoms with van der Waals surface area (Å²) in [7, 11) is 1.30. The first kappa shape index (κ1) is 29.4. The molecule has 0 aromatic heterocycles. The number of aliphatic hydroxyl groups excluding tert-OH is 1. The summed E-state index contributed by atoms with van der Waals surface area (Å²) in [4.78, 5) is 24.5. The Morgan fingerprint density at radius 3 is 2.00 bits per heavy atom. The summed E-state index contributed by atoms with van der Waals surface area (Å²) in [5.41, 5.74) is 4.25. The molecule has 2 aromatic carbocycles. The van der Waals surface area contributed by atoms with Crippen molar-refractivity contribution in [3.63, 3.8) is 0 Å². The summed E-state index contributed by atoms with van der Waals surface area (Å²) >= 11 is 0. The Morgan fingerprint density at radius 1 is 0.972 bits per heavy atom. The van der Waals surface area contributed by atoms with Gasteiger partial charge in [0.05, 0.1) is 13.2 Å². The quantitative estimate of drug-likeness (QED) is 0.424. The van der Waals surface area contributed by atoms with E-state index in [0.717, 1.165) is 35.3 Å². The second-order valence-corrected chi connectivity index (χ2v) is 10.7. The predicted molar refractivity (Wildman–Crippen MR) is 144 cm³/mol. The van der Waals surface area contributed by atoms with Crippen molar-refractivity contribution >= 4 is 11.9 Å². The van der Waals surface area contributed by atoms with E-state index >= 15 is 0 Å². The van der Waals surface area contributed by atoms with Gasteiger partial charge in [-0.1, -0.05) is 58.9 Å². The Hall–Kier alpha value is -2.86. The molecule has 1 amide bonds. The van der Waals surface area contributed by atoms with Crippen LogP contribution >= 0.6 is 0 Å². The number of carbonyl (C=O) groups excluding carboxylic acids is 2. The minimum absolute atomic E-state index is 0.229. The van der Waals surface area contributed by atoms with Gasteiger partial charge in [0.1, 0.15) is 18.4 Å². The summed E-state index contributed by atoms with van der Waals surface area (Å²) in [5.74, 6) is -0.0132. The molecule has 0 spiro atoms. The van der Waals surface area contributed by atoms with Gasteiger partial charge in [0.25, 0.3) is 5.91 Å². The molecule has 6 heteroatoms. The monoisotopic (exact) mass is 497 g/mol. The Bertz CT molecular complexity index is 1070. The van der Waals surface area contributed by atoms with E-state index in [9.17, 15) is 14.7 Å². The van der Waals surface area contributed by atoms with Crippen LogP contribution in [0.15, 0.2) is 36.4 Å². The average molecular weight is 498 g/mol. The first-order chi connectivity index (χ1) is 16.8. The lowest BCUT2D eigenvalue weighted by atomic mass is 9.70. The van der Waals surface area contributed by atoms with Gasteiger partial charge in [0, 0.05) is 11.0 Å². The molecule has 0 radical (unpaired) electrons. The summed E-state index contributed by atoms with van der Waals surface area (Å²) in [6.07, 6.45) is 1.21. The zero-order valence-electron chi connectivity index (χ0n) is 23.3. The van der Waals surface area contributed by atoms with E-state index in [1.54, 1.807) is 6.92 Å². The lowest BCUT2D eigenvalue weighted by Gasteiger charge is -2.34. The highest BCUT2D eigenvalue weighted by molar-refractivity contribution is 5.98. The topological polar surface area (TPSA) is 84.9 Å². The van der Waals surface area contributed by atoms with E-state index in [1.165, 1.54) is 12.7 Å².